The Morgan fingerprint density at radius 3 is 2.53 bits per heavy atom. The average Bonchev–Trinajstić information content (AvgIpc) is 3.20. The summed E-state index contributed by atoms with van der Waals surface area (Å²) < 4.78 is 9.35. The zero-order valence-electron chi connectivity index (χ0n) is 19.2. The minimum Gasteiger partial charge on any atom is -0.506 e. The number of benzene rings is 3. The molecule has 1 aromatic heterocycles. The summed E-state index contributed by atoms with van der Waals surface area (Å²) in [7, 11) is 1.66. The molecule has 5 nitrogen and oxygen atoms in total. The van der Waals surface area contributed by atoms with Crippen molar-refractivity contribution in [1.82, 2.24) is 4.57 Å². The van der Waals surface area contributed by atoms with E-state index in [2.05, 4.69) is 69.4 Å². The van der Waals surface area contributed by atoms with Crippen molar-refractivity contribution < 1.29 is 9.84 Å². The maximum absolute atomic E-state index is 13.9. The van der Waals surface area contributed by atoms with Gasteiger partial charge >= 0.3 is 0 Å². The molecule has 180 valence electrons. The van der Waals surface area contributed by atoms with Crippen LogP contribution < -0.4 is 19.6 Å². The zero-order chi connectivity index (χ0) is 25.0. The van der Waals surface area contributed by atoms with E-state index in [1.54, 1.807) is 7.11 Å². The number of rotatable bonds is 3. The Bertz CT molecular complexity index is 1710. The van der Waals surface area contributed by atoms with Crippen molar-refractivity contribution in [2.24, 2.45) is 4.99 Å². The highest BCUT2D eigenvalue weighted by molar-refractivity contribution is 14.1. The van der Waals surface area contributed by atoms with Gasteiger partial charge in [0.1, 0.15) is 11.5 Å². The first kappa shape index (κ1) is 23.9. The van der Waals surface area contributed by atoms with Crippen molar-refractivity contribution in [2.75, 3.05) is 7.11 Å². The lowest BCUT2D eigenvalue weighted by molar-refractivity contribution is 0.414. The molecule has 2 heterocycles. The Morgan fingerprint density at radius 2 is 1.81 bits per heavy atom. The van der Waals surface area contributed by atoms with E-state index in [-0.39, 0.29) is 17.4 Å². The van der Waals surface area contributed by atoms with E-state index in [1.807, 2.05) is 47.0 Å². The van der Waals surface area contributed by atoms with Gasteiger partial charge in [-0.25, -0.2) is 4.99 Å². The number of phenolic OH excluding ortho intramolecular Hbond substituents is 1. The number of nitrogens with zero attached hydrogens (tertiary/aromatic N) is 2. The molecule has 0 bridgehead atoms. The predicted octanol–water partition coefficient (Wildman–Crippen LogP) is 5.24. The van der Waals surface area contributed by atoms with Gasteiger partial charge in [-0.05, 0) is 111 Å². The SMILES string of the molecule is COc1ccc([C@@H]2C3=C(N=c4s/c(=C/c5cc(I)c(O)c(I)c5)c(=O)n42)c2ccccc2CC3)cc1. The molecule has 1 N–H and O–H groups in total. The van der Waals surface area contributed by atoms with Crippen LogP contribution in [0.1, 0.15) is 34.7 Å². The summed E-state index contributed by atoms with van der Waals surface area (Å²) in [6.07, 6.45) is 3.67. The predicted molar refractivity (Wildman–Crippen MR) is 159 cm³/mol. The maximum Gasteiger partial charge on any atom is 0.271 e. The molecular formula is C28H20I2N2O3S. The quantitative estimate of drug-likeness (QED) is 0.295. The van der Waals surface area contributed by atoms with Crippen molar-refractivity contribution in [2.45, 2.75) is 18.9 Å². The molecule has 0 spiro atoms. The number of fused-ring (bicyclic) bond motifs is 3. The molecule has 2 aliphatic rings. The molecule has 0 saturated heterocycles. The van der Waals surface area contributed by atoms with Gasteiger partial charge < -0.3 is 9.84 Å². The molecule has 0 unspecified atom stereocenters. The Morgan fingerprint density at radius 1 is 1.08 bits per heavy atom. The standard InChI is InChI=1S/C28H20I2N2O3S/c1-35-18-9-6-17(7-10-18)25-20-11-8-16-4-2-3-5-19(16)24(20)31-28-32(25)27(34)23(36-28)14-15-12-21(29)26(33)22(30)13-15/h2-7,9-10,12-14,25,33H,8,11H2,1H3/b23-14+/t25-/m1/s1. The van der Waals surface area contributed by atoms with Gasteiger partial charge in [-0.1, -0.05) is 47.7 Å². The third kappa shape index (κ3) is 4.03. The van der Waals surface area contributed by atoms with Crippen LogP contribution in [0.2, 0.25) is 0 Å². The molecule has 1 atom stereocenters. The lowest BCUT2D eigenvalue weighted by Crippen LogP contribution is -2.38. The fourth-order valence-corrected chi connectivity index (χ4v) is 7.75. The van der Waals surface area contributed by atoms with Gasteiger partial charge in [0.2, 0.25) is 0 Å². The molecule has 1 aliphatic carbocycles. The largest absolute Gasteiger partial charge is 0.506 e. The number of hydrogen-bond donors (Lipinski definition) is 1. The van der Waals surface area contributed by atoms with Gasteiger partial charge in [0.15, 0.2) is 4.80 Å². The number of ether oxygens (including phenoxy) is 1. The van der Waals surface area contributed by atoms with Gasteiger partial charge in [-0.2, -0.15) is 0 Å². The van der Waals surface area contributed by atoms with E-state index >= 15 is 0 Å². The monoisotopic (exact) mass is 718 g/mol. The van der Waals surface area contributed by atoms with E-state index in [9.17, 15) is 9.90 Å². The molecule has 1 aliphatic heterocycles. The smallest absolute Gasteiger partial charge is 0.271 e. The minimum atomic E-state index is -0.224. The number of methoxy groups -OCH3 is 1. The molecule has 0 amide bonds. The topological polar surface area (TPSA) is 63.8 Å². The summed E-state index contributed by atoms with van der Waals surface area (Å²) >= 11 is 5.64. The van der Waals surface area contributed by atoms with Crippen LogP contribution in [0.5, 0.6) is 11.5 Å². The fourth-order valence-electron chi connectivity index (χ4n) is 4.93. The summed E-state index contributed by atoms with van der Waals surface area (Å²) in [5.74, 6) is 1.05. The number of aryl methyl sites for hydroxylation is 1. The van der Waals surface area contributed by atoms with Crippen LogP contribution in [0, 0.1) is 7.14 Å². The van der Waals surface area contributed by atoms with Gasteiger partial charge in [-0.15, -0.1) is 0 Å². The lowest BCUT2D eigenvalue weighted by Gasteiger charge is -2.30. The molecule has 36 heavy (non-hydrogen) atoms. The summed E-state index contributed by atoms with van der Waals surface area (Å²) in [5.41, 5.74) is 6.47. The molecule has 0 radical (unpaired) electrons. The number of allylic oxidation sites excluding steroid dienone is 1. The average molecular weight is 718 g/mol. The fraction of sp³-hybridized carbons (Fsp3) is 0.143. The van der Waals surface area contributed by atoms with Gasteiger partial charge in [0.25, 0.3) is 5.56 Å². The molecule has 4 aromatic rings. The second-order valence-electron chi connectivity index (χ2n) is 8.72. The second-order valence-corrected chi connectivity index (χ2v) is 12.1. The number of halogens is 2. The first-order chi connectivity index (χ1) is 17.4. The third-order valence-corrected chi connectivity index (χ3v) is 9.27. The molecule has 8 heteroatoms. The van der Waals surface area contributed by atoms with Gasteiger partial charge in [-0.3, -0.25) is 9.36 Å². The molecule has 3 aromatic carbocycles. The first-order valence-electron chi connectivity index (χ1n) is 11.4. The number of thiazole rings is 1. The van der Waals surface area contributed by atoms with Crippen molar-refractivity contribution >= 4 is 68.3 Å². The van der Waals surface area contributed by atoms with E-state index in [0.717, 1.165) is 48.1 Å². The zero-order valence-corrected chi connectivity index (χ0v) is 24.3. The highest BCUT2D eigenvalue weighted by Crippen LogP contribution is 2.41. The van der Waals surface area contributed by atoms with E-state index < -0.39 is 0 Å². The number of phenols is 1. The Balaban J connectivity index is 1.60. The lowest BCUT2D eigenvalue weighted by atomic mass is 9.83. The van der Waals surface area contributed by atoms with E-state index in [1.165, 1.54) is 22.5 Å². The summed E-state index contributed by atoms with van der Waals surface area (Å²) in [5, 5.41) is 10.2. The van der Waals surface area contributed by atoms with Crippen LogP contribution in [-0.4, -0.2) is 16.8 Å². The third-order valence-electron chi connectivity index (χ3n) is 6.64. The van der Waals surface area contributed by atoms with Gasteiger partial charge in [0, 0.05) is 5.56 Å². The number of aromatic hydroxyl groups is 1. The Labute approximate surface area is 238 Å². The van der Waals surface area contributed by atoms with Crippen LogP contribution in [0.25, 0.3) is 11.8 Å². The summed E-state index contributed by atoms with van der Waals surface area (Å²) in [4.78, 5) is 19.6. The van der Waals surface area contributed by atoms with Crippen molar-refractivity contribution in [3.05, 3.63) is 115 Å². The van der Waals surface area contributed by atoms with Crippen molar-refractivity contribution in [1.29, 1.82) is 0 Å². The Hall–Kier alpha value is -2.44. The normalized spacial score (nSPS) is 16.8. The molecule has 0 fully saturated rings. The minimum absolute atomic E-state index is 0.0527. The highest BCUT2D eigenvalue weighted by Gasteiger charge is 2.32. The van der Waals surface area contributed by atoms with Crippen LogP contribution in [-0.2, 0) is 6.42 Å². The van der Waals surface area contributed by atoms with E-state index in [0.29, 0.717) is 9.33 Å². The molecule has 0 saturated carbocycles. The highest BCUT2D eigenvalue weighted by atomic mass is 127. The Kier molecular flexibility index (Phi) is 6.29. The first-order valence-corrected chi connectivity index (χ1v) is 14.4. The van der Waals surface area contributed by atoms with Crippen LogP contribution in [0.3, 0.4) is 0 Å². The van der Waals surface area contributed by atoms with Crippen molar-refractivity contribution in [3.8, 4) is 11.5 Å². The molecule has 6 rings (SSSR count). The summed E-state index contributed by atoms with van der Waals surface area (Å²) in [6.45, 7) is 0. The van der Waals surface area contributed by atoms with Crippen LogP contribution >= 0.6 is 56.5 Å². The molecular weight excluding hydrogens is 698 g/mol. The summed E-state index contributed by atoms with van der Waals surface area (Å²) in [6, 6.07) is 20.0. The number of hydrogen-bond acceptors (Lipinski definition) is 5. The van der Waals surface area contributed by atoms with Crippen LogP contribution in [0.4, 0.5) is 0 Å². The van der Waals surface area contributed by atoms with Crippen molar-refractivity contribution in [3.63, 3.8) is 0 Å². The van der Waals surface area contributed by atoms with Crippen LogP contribution in [0.15, 0.2) is 76.0 Å². The second kappa shape index (κ2) is 9.46. The van der Waals surface area contributed by atoms with E-state index in [4.69, 9.17) is 9.73 Å². The van der Waals surface area contributed by atoms with Gasteiger partial charge in [0.05, 0.1) is 30.5 Å². The number of aromatic nitrogens is 1. The maximum atomic E-state index is 13.9.